The van der Waals surface area contributed by atoms with Crippen molar-refractivity contribution < 1.29 is 9.21 Å². The van der Waals surface area contributed by atoms with Crippen LogP contribution in [0.3, 0.4) is 0 Å². The van der Waals surface area contributed by atoms with Crippen LogP contribution in [0.5, 0.6) is 0 Å². The first-order chi connectivity index (χ1) is 9.13. The second-order valence-corrected chi connectivity index (χ2v) is 5.69. The van der Waals surface area contributed by atoms with Gasteiger partial charge in [-0.15, -0.1) is 11.6 Å². The number of benzene rings is 1. The van der Waals surface area contributed by atoms with Gasteiger partial charge >= 0.3 is 0 Å². The average Bonchev–Trinajstić information content (AvgIpc) is 2.84. The first-order valence-corrected chi connectivity index (χ1v) is 7.18. The summed E-state index contributed by atoms with van der Waals surface area (Å²) in [6, 6.07) is 9.52. The van der Waals surface area contributed by atoms with Crippen LogP contribution in [0.1, 0.15) is 28.7 Å². The minimum absolute atomic E-state index is 0.0673. The topological polar surface area (TPSA) is 42.2 Å². The predicted octanol–water partition coefficient (Wildman–Crippen LogP) is 4.26. The molecule has 1 aliphatic rings. The number of furan rings is 1. The van der Waals surface area contributed by atoms with Gasteiger partial charge in [0.15, 0.2) is 4.67 Å². The van der Waals surface area contributed by atoms with Gasteiger partial charge in [-0.25, -0.2) is 0 Å². The molecule has 1 N–H and O–H groups in total. The molecule has 19 heavy (non-hydrogen) atoms. The van der Waals surface area contributed by atoms with Crippen molar-refractivity contribution in [2.24, 2.45) is 0 Å². The van der Waals surface area contributed by atoms with Gasteiger partial charge in [0.2, 0.25) is 5.91 Å². The van der Waals surface area contributed by atoms with Crippen LogP contribution in [0.2, 0.25) is 0 Å². The van der Waals surface area contributed by atoms with E-state index in [2.05, 4.69) is 21.2 Å². The highest BCUT2D eigenvalue weighted by molar-refractivity contribution is 9.10. The second-order valence-electron chi connectivity index (χ2n) is 4.47. The van der Waals surface area contributed by atoms with Crippen molar-refractivity contribution >= 4 is 39.1 Å². The van der Waals surface area contributed by atoms with E-state index in [1.165, 1.54) is 0 Å². The van der Waals surface area contributed by atoms with Crippen LogP contribution in [0.4, 0.5) is 5.69 Å². The van der Waals surface area contributed by atoms with E-state index in [0.717, 1.165) is 23.2 Å². The van der Waals surface area contributed by atoms with Gasteiger partial charge in [0, 0.05) is 12.1 Å². The van der Waals surface area contributed by atoms with E-state index in [4.69, 9.17) is 16.0 Å². The van der Waals surface area contributed by atoms with Crippen molar-refractivity contribution in [3.63, 3.8) is 0 Å². The molecule has 0 spiro atoms. The number of hydrogen-bond acceptors (Lipinski definition) is 2. The van der Waals surface area contributed by atoms with Crippen LogP contribution in [0.15, 0.2) is 39.4 Å². The van der Waals surface area contributed by atoms with Gasteiger partial charge in [0.05, 0.1) is 0 Å². The SMILES string of the molecule is O=C1CCc2cc(C(Cl)c3ccc(Br)o3)ccc2N1. The second kappa shape index (κ2) is 5.02. The monoisotopic (exact) mass is 339 g/mol. The fourth-order valence-corrected chi connectivity index (χ4v) is 2.76. The Hall–Kier alpha value is -1.26. The summed E-state index contributed by atoms with van der Waals surface area (Å²) in [6.45, 7) is 0. The molecule has 0 aliphatic carbocycles. The Balaban J connectivity index is 1.92. The lowest BCUT2D eigenvalue weighted by Gasteiger charge is -2.18. The first kappa shape index (κ1) is 12.8. The van der Waals surface area contributed by atoms with Gasteiger partial charge in [-0.1, -0.05) is 12.1 Å². The number of nitrogens with one attached hydrogen (secondary N) is 1. The molecule has 1 atom stereocenters. The van der Waals surface area contributed by atoms with E-state index >= 15 is 0 Å². The average molecular weight is 341 g/mol. The number of amides is 1. The molecule has 0 fully saturated rings. The zero-order valence-electron chi connectivity index (χ0n) is 9.95. The van der Waals surface area contributed by atoms with E-state index < -0.39 is 0 Å². The lowest BCUT2D eigenvalue weighted by Crippen LogP contribution is -2.19. The van der Waals surface area contributed by atoms with Crippen LogP contribution in [-0.2, 0) is 11.2 Å². The molecular weight excluding hydrogens is 330 g/mol. The highest BCUT2D eigenvalue weighted by atomic mass is 79.9. The third kappa shape index (κ3) is 2.55. The van der Waals surface area contributed by atoms with E-state index in [0.29, 0.717) is 16.9 Å². The Bertz CT molecular complexity index is 638. The van der Waals surface area contributed by atoms with Gasteiger partial charge in [-0.05, 0) is 51.7 Å². The standard InChI is InChI=1S/C14H11BrClNO2/c15-12-5-4-11(19-12)14(16)9-1-3-10-8(7-9)2-6-13(18)17-10/h1,3-5,7,14H,2,6H2,(H,17,18). The van der Waals surface area contributed by atoms with Gasteiger partial charge in [0.1, 0.15) is 11.1 Å². The van der Waals surface area contributed by atoms with Crippen LogP contribution >= 0.6 is 27.5 Å². The minimum Gasteiger partial charge on any atom is -0.452 e. The molecule has 0 radical (unpaired) electrons. The number of rotatable bonds is 2. The van der Waals surface area contributed by atoms with Crippen LogP contribution < -0.4 is 5.32 Å². The molecule has 1 unspecified atom stereocenters. The van der Waals surface area contributed by atoms with Gasteiger partial charge in [-0.3, -0.25) is 4.79 Å². The van der Waals surface area contributed by atoms with Crippen LogP contribution in [0.25, 0.3) is 0 Å². The number of anilines is 1. The number of aryl methyl sites for hydroxylation is 1. The van der Waals surface area contributed by atoms with Gasteiger partial charge in [0.25, 0.3) is 0 Å². The molecule has 1 aromatic carbocycles. The molecule has 3 nitrogen and oxygen atoms in total. The summed E-state index contributed by atoms with van der Waals surface area (Å²) >= 11 is 9.68. The largest absolute Gasteiger partial charge is 0.452 e. The first-order valence-electron chi connectivity index (χ1n) is 5.95. The number of fused-ring (bicyclic) bond motifs is 1. The molecular formula is C14H11BrClNO2. The molecule has 3 rings (SSSR count). The zero-order valence-corrected chi connectivity index (χ0v) is 12.3. The Morgan fingerprint density at radius 1 is 1.26 bits per heavy atom. The summed E-state index contributed by atoms with van der Waals surface area (Å²) in [4.78, 5) is 11.3. The highest BCUT2D eigenvalue weighted by Gasteiger charge is 2.19. The van der Waals surface area contributed by atoms with E-state index in [-0.39, 0.29) is 11.3 Å². The van der Waals surface area contributed by atoms with Crippen molar-refractivity contribution in [1.29, 1.82) is 0 Å². The summed E-state index contributed by atoms with van der Waals surface area (Å²) in [5, 5.41) is 2.53. The quantitative estimate of drug-likeness (QED) is 0.830. The molecule has 2 heterocycles. The Morgan fingerprint density at radius 2 is 2.11 bits per heavy atom. The van der Waals surface area contributed by atoms with Crippen molar-refractivity contribution in [2.75, 3.05) is 5.32 Å². The summed E-state index contributed by atoms with van der Waals surface area (Å²) in [5.41, 5.74) is 2.97. The molecule has 1 aromatic heterocycles. The Kier molecular flexibility index (Phi) is 3.37. The minimum atomic E-state index is -0.325. The van der Waals surface area contributed by atoms with Crippen molar-refractivity contribution in [3.05, 3.63) is 51.9 Å². The molecule has 0 saturated carbocycles. The summed E-state index contributed by atoms with van der Waals surface area (Å²) in [5.74, 6) is 0.769. The van der Waals surface area contributed by atoms with E-state index in [1.54, 1.807) is 0 Å². The van der Waals surface area contributed by atoms with Crippen LogP contribution in [-0.4, -0.2) is 5.91 Å². The van der Waals surface area contributed by atoms with E-state index in [1.807, 2.05) is 30.3 Å². The number of carbonyl (C=O) groups is 1. The number of halogens is 2. The molecule has 2 aromatic rings. The van der Waals surface area contributed by atoms with Crippen molar-refractivity contribution in [2.45, 2.75) is 18.2 Å². The fraction of sp³-hybridized carbons (Fsp3) is 0.214. The third-order valence-electron chi connectivity index (χ3n) is 3.16. The molecule has 1 amide bonds. The Labute approximate surface area is 124 Å². The maximum absolute atomic E-state index is 11.3. The van der Waals surface area contributed by atoms with Crippen molar-refractivity contribution in [1.82, 2.24) is 0 Å². The van der Waals surface area contributed by atoms with Gasteiger partial charge in [-0.2, -0.15) is 0 Å². The maximum atomic E-state index is 11.3. The maximum Gasteiger partial charge on any atom is 0.224 e. The van der Waals surface area contributed by atoms with E-state index in [9.17, 15) is 4.79 Å². The molecule has 98 valence electrons. The fourth-order valence-electron chi connectivity index (χ4n) is 2.19. The summed E-state index contributed by atoms with van der Waals surface area (Å²) < 4.78 is 6.14. The molecule has 5 heteroatoms. The molecule has 1 aliphatic heterocycles. The summed E-state index contributed by atoms with van der Waals surface area (Å²) in [7, 11) is 0. The number of hydrogen-bond donors (Lipinski definition) is 1. The number of alkyl halides is 1. The zero-order chi connectivity index (χ0) is 13.4. The Morgan fingerprint density at radius 3 is 2.84 bits per heavy atom. The smallest absolute Gasteiger partial charge is 0.224 e. The lowest BCUT2D eigenvalue weighted by atomic mass is 9.98. The summed E-state index contributed by atoms with van der Waals surface area (Å²) in [6.07, 6.45) is 1.27. The van der Waals surface area contributed by atoms with Crippen LogP contribution in [0, 0.1) is 0 Å². The van der Waals surface area contributed by atoms with Gasteiger partial charge < -0.3 is 9.73 Å². The van der Waals surface area contributed by atoms with Crippen molar-refractivity contribution in [3.8, 4) is 0 Å². The third-order valence-corrected chi connectivity index (χ3v) is 4.05. The predicted molar refractivity (Wildman–Crippen MR) is 77.5 cm³/mol. The highest BCUT2D eigenvalue weighted by Crippen LogP contribution is 2.34. The lowest BCUT2D eigenvalue weighted by molar-refractivity contribution is -0.116. The molecule has 0 bridgehead atoms. The normalized spacial score (nSPS) is 15.8. The molecule has 0 saturated heterocycles. The number of carbonyl (C=O) groups excluding carboxylic acids is 1.